The van der Waals surface area contributed by atoms with Crippen molar-refractivity contribution in [3.63, 3.8) is 0 Å². The third kappa shape index (κ3) is 3.52. The molecule has 0 unspecified atom stereocenters. The van der Waals surface area contributed by atoms with Crippen LogP contribution in [0.4, 0.5) is 0 Å². The fourth-order valence-corrected chi connectivity index (χ4v) is 4.53. The van der Waals surface area contributed by atoms with Crippen molar-refractivity contribution in [2.75, 3.05) is 6.54 Å². The Hall–Kier alpha value is -1.63. The second-order valence-electron chi connectivity index (χ2n) is 5.72. The van der Waals surface area contributed by atoms with Crippen LogP contribution in [0.2, 0.25) is 0 Å². The maximum absolute atomic E-state index is 12.5. The Balaban J connectivity index is 2.00. The van der Waals surface area contributed by atoms with Crippen LogP contribution in [0.3, 0.4) is 0 Å². The van der Waals surface area contributed by atoms with Crippen molar-refractivity contribution in [3.05, 3.63) is 69.3 Å². The second kappa shape index (κ2) is 7.32. The molecule has 1 aliphatic heterocycles. The quantitative estimate of drug-likeness (QED) is 0.375. The Morgan fingerprint density at radius 2 is 2.08 bits per heavy atom. The van der Waals surface area contributed by atoms with Crippen LogP contribution < -0.4 is 0 Å². The molecule has 1 fully saturated rings. The summed E-state index contributed by atoms with van der Waals surface area (Å²) in [5.74, 6) is -0.0536. The van der Waals surface area contributed by atoms with E-state index in [0.717, 1.165) is 27.1 Å². The lowest BCUT2D eigenvalue weighted by Crippen LogP contribution is -2.27. The van der Waals surface area contributed by atoms with Gasteiger partial charge in [0, 0.05) is 28.1 Å². The molecule has 1 saturated heterocycles. The molecule has 128 valence electrons. The highest BCUT2D eigenvalue weighted by Gasteiger charge is 2.31. The van der Waals surface area contributed by atoms with Crippen LogP contribution in [-0.2, 0) is 4.79 Å². The van der Waals surface area contributed by atoms with E-state index in [-0.39, 0.29) is 5.91 Å². The van der Waals surface area contributed by atoms with E-state index in [4.69, 9.17) is 12.2 Å². The summed E-state index contributed by atoms with van der Waals surface area (Å²) in [5.41, 5.74) is 4.31. The van der Waals surface area contributed by atoms with Gasteiger partial charge in [0.15, 0.2) is 0 Å². The first-order valence-corrected chi connectivity index (χ1v) is 9.75. The zero-order valence-corrected chi connectivity index (χ0v) is 17.2. The molecule has 0 spiro atoms. The number of halogens is 1. The summed E-state index contributed by atoms with van der Waals surface area (Å²) >= 11 is 10.2. The van der Waals surface area contributed by atoms with E-state index in [1.165, 1.54) is 11.8 Å². The zero-order valence-electron chi connectivity index (χ0n) is 14.0. The van der Waals surface area contributed by atoms with Gasteiger partial charge in [-0.05, 0) is 49.8 Å². The van der Waals surface area contributed by atoms with Crippen LogP contribution in [0.25, 0.3) is 11.8 Å². The van der Waals surface area contributed by atoms with Crippen LogP contribution in [0.15, 0.2) is 52.4 Å². The molecule has 2 heterocycles. The molecule has 6 heteroatoms. The lowest BCUT2D eigenvalue weighted by Gasteiger charge is -2.10. The third-order valence-corrected chi connectivity index (χ3v) is 5.88. The molecule has 0 radical (unpaired) electrons. The van der Waals surface area contributed by atoms with Crippen molar-refractivity contribution in [1.82, 2.24) is 9.47 Å². The number of thioether (sulfide) groups is 1. The molecule has 0 saturated carbocycles. The number of carbonyl (C=O) groups excluding carboxylic acids is 1. The molecule has 3 rings (SSSR count). The SMILES string of the molecule is C=CCN1C(=O)/C(=C/c2cc(C)n(-c3cccc(Br)c3)c2C)SC1=S. The molecule has 0 bridgehead atoms. The van der Waals surface area contributed by atoms with Crippen molar-refractivity contribution >= 4 is 56.2 Å². The van der Waals surface area contributed by atoms with Crippen LogP contribution in [0, 0.1) is 13.8 Å². The zero-order chi connectivity index (χ0) is 18.1. The van der Waals surface area contributed by atoms with E-state index < -0.39 is 0 Å². The molecule has 1 aromatic carbocycles. The van der Waals surface area contributed by atoms with E-state index in [9.17, 15) is 4.79 Å². The Morgan fingerprint density at radius 1 is 1.32 bits per heavy atom. The predicted octanol–water partition coefficient (Wildman–Crippen LogP) is 5.24. The van der Waals surface area contributed by atoms with Gasteiger partial charge in [0.1, 0.15) is 4.32 Å². The van der Waals surface area contributed by atoms with Crippen molar-refractivity contribution in [3.8, 4) is 5.69 Å². The Morgan fingerprint density at radius 3 is 2.76 bits per heavy atom. The Bertz CT molecular complexity index is 914. The summed E-state index contributed by atoms with van der Waals surface area (Å²) in [6.07, 6.45) is 3.62. The number of benzene rings is 1. The number of aryl methyl sites for hydroxylation is 1. The van der Waals surface area contributed by atoms with Gasteiger partial charge in [-0.1, -0.05) is 52.1 Å². The number of amides is 1. The lowest BCUT2D eigenvalue weighted by molar-refractivity contribution is -0.121. The van der Waals surface area contributed by atoms with Crippen molar-refractivity contribution in [2.24, 2.45) is 0 Å². The van der Waals surface area contributed by atoms with Crippen molar-refractivity contribution in [1.29, 1.82) is 0 Å². The topological polar surface area (TPSA) is 25.2 Å². The lowest BCUT2D eigenvalue weighted by atomic mass is 10.2. The van der Waals surface area contributed by atoms with Gasteiger partial charge < -0.3 is 4.57 Å². The monoisotopic (exact) mass is 432 g/mol. The molecule has 25 heavy (non-hydrogen) atoms. The second-order valence-corrected chi connectivity index (χ2v) is 8.31. The number of thiocarbonyl (C=S) groups is 1. The largest absolute Gasteiger partial charge is 0.318 e. The molecular formula is C19H17BrN2OS2. The normalized spacial score (nSPS) is 16.1. The standard InChI is InChI=1S/C19H17BrN2OS2/c1-4-8-21-18(23)17(25-19(21)24)10-14-9-12(2)22(13(14)3)16-7-5-6-15(20)11-16/h4-7,9-11H,1,8H2,2-3H3/b17-10-. The van der Waals surface area contributed by atoms with Crippen LogP contribution in [-0.4, -0.2) is 26.2 Å². The van der Waals surface area contributed by atoms with E-state index in [2.05, 4.69) is 59.1 Å². The molecular weight excluding hydrogens is 416 g/mol. The molecule has 2 aromatic rings. The summed E-state index contributed by atoms with van der Waals surface area (Å²) in [5, 5.41) is 0. The Labute approximate surface area is 165 Å². The molecule has 1 aliphatic rings. The summed E-state index contributed by atoms with van der Waals surface area (Å²) in [7, 11) is 0. The first-order valence-electron chi connectivity index (χ1n) is 7.73. The number of aromatic nitrogens is 1. The first-order chi connectivity index (χ1) is 11.9. The molecule has 0 atom stereocenters. The maximum Gasteiger partial charge on any atom is 0.266 e. The van der Waals surface area contributed by atoms with E-state index in [1.807, 2.05) is 18.2 Å². The van der Waals surface area contributed by atoms with Gasteiger partial charge in [-0.2, -0.15) is 0 Å². The number of carbonyl (C=O) groups is 1. The van der Waals surface area contributed by atoms with E-state index in [1.54, 1.807) is 11.0 Å². The van der Waals surface area contributed by atoms with Crippen molar-refractivity contribution in [2.45, 2.75) is 13.8 Å². The third-order valence-electron chi connectivity index (χ3n) is 4.01. The molecule has 0 aliphatic carbocycles. The summed E-state index contributed by atoms with van der Waals surface area (Å²) in [6, 6.07) is 10.3. The van der Waals surface area contributed by atoms with Gasteiger partial charge in [0.05, 0.1) is 4.91 Å². The average Bonchev–Trinajstić information content (AvgIpc) is 2.98. The number of hydrogen-bond donors (Lipinski definition) is 0. The minimum atomic E-state index is -0.0536. The van der Waals surface area contributed by atoms with Gasteiger partial charge in [-0.15, -0.1) is 6.58 Å². The highest BCUT2D eigenvalue weighted by atomic mass is 79.9. The van der Waals surface area contributed by atoms with Crippen molar-refractivity contribution < 1.29 is 4.79 Å². The summed E-state index contributed by atoms with van der Waals surface area (Å²) in [4.78, 5) is 14.7. The average molecular weight is 433 g/mol. The summed E-state index contributed by atoms with van der Waals surface area (Å²) in [6.45, 7) is 8.25. The highest BCUT2D eigenvalue weighted by Crippen LogP contribution is 2.34. The summed E-state index contributed by atoms with van der Waals surface area (Å²) < 4.78 is 3.79. The first kappa shape index (κ1) is 18.2. The fraction of sp³-hybridized carbons (Fsp3) is 0.158. The van der Waals surface area contributed by atoms with Gasteiger partial charge in [-0.3, -0.25) is 9.69 Å². The predicted molar refractivity (Wildman–Crippen MR) is 113 cm³/mol. The smallest absolute Gasteiger partial charge is 0.266 e. The molecule has 0 N–H and O–H groups in total. The van der Waals surface area contributed by atoms with Gasteiger partial charge in [0.25, 0.3) is 5.91 Å². The molecule has 3 nitrogen and oxygen atoms in total. The minimum absolute atomic E-state index is 0.0536. The molecule has 1 amide bonds. The Kier molecular flexibility index (Phi) is 5.32. The van der Waals surface area contributed by atoms with Crippen LogP contribution >= 0.6 is 39.9 Å². The minimum Gasteiger partial charge on any atom is -0.318 e. The van der Waals surface area contributed by atoms with Crippen LogP contribution in [0.1, 0.15) is 17.0 Å². The van der Waals surface area contributed by atoms with Gasteiger partial charge in [0.2, 0.25) is 0 Å². The number of hydrogen-bond acceptors (Lipinski definition) is 3. The highest BCUT2D eigenvalue weighted by molar-refractivity contribution is 9.10. The number of rotatable bonds is 4. The van der Waals surface area contributed by atoms with Crippen LogP contribution in [0.5, 0.6) is 0 Å². The van der Waals surface area contributed by atoms with E-state index in [0.29, 0.717) is 15.8 Å². The van der Waals surface area contributed by atoms with Gasteiger partial charge >= 0.3 is 0 Å². The van der Waals surface area contributed by atoms with E-state index >= 15 is 0 Å². The fourth-order valence-electron chi connectivity index (χ4n) is 2.87. The number of nitrogens with zero attached hydrogens (tertiary/aromatic N) is 2. The van der Waals surface area contributed by atoms with Gasteiger partial charge in [-0.25, -0.2) is 0 Å². The maximum atomic E-state index is 12.5. The molecule has 1 aromatic heterocycles.